The van der Waals surface area contributed by atoms with Crippen LogP contribution in [-0.4, -0.2) is 88.8 Å². The van der Waals surface area contributed by atoms with E-state index >= 15 is 0 Å². The summed E-state index contributed by atoms with van der Waals surface area (Å²) in [6, 6.07) is 4.31. The van der Waals surface area contributed by atoms with E-state index in [0.29, 0.717) is 43.7 Å². The van der Waals surface area contributed by atoms with E-state index in [1.54, 1.807) is 50.5 Å². The normalized spacial score (nSPS) is 16.5. The Kier molecular flexibility index (Phi) is 7.28. The second-order valence-corrected chi connectivity index (χ2v) is 9.72. The van der Waals surface area contributed by atoms with E-state index in [0.717, 1.165) is 0 Å². The van der Waals surface area contributed by atoms with Crippen molar-refractivity contribution in [3.63, 3.8) is 0 Å². The Labute approximate surface area is 199 Å². The number of alkyl carbamates (subject to hydrolysis) is 1. The van der Waals surface area contributed by atoms with Crippen LogP contribution in [0.2, 0.25) is 0 Å². The van der Waals surface area contributed by atoms with Crippen molar-refractivity contribution in [3.8, 4) is 0 Å². The largest absolute Gasteiger partial charge is 0.444 e. The van der Waals surface area contributed by atoms with Crippen LogP contribution in [0.1, 0.15) is 72.1 Å². The maximum Gasteiger partial charge on any atom is 0.408 e. The Morgan fingerprint density at radius 2 is 1.59 bits per heavy atom. The van der Waals surface area contributed by atoms with Crippen molar-refractivity contribution in [1.82, 2.24) is 20.0 Å². The molecule has 10 nitrogen and oxygen atoms in total. The summed E-state index contributed by atoms with van der Waals surface area (Å²) in [5.74, 6) is -1.25. The van der Waals surface area contributed by atoms with Crippen LogP contribution in [0.3, 0.4) is 0 Å². The number of carbonyl (C=O) groups is 5. The molecule has 1 aromatic rings. The second kappa shape index (κ2) is 9.82. The molecule has 184 valence electrons. The minimum atomic E-state index is -0.659. The van der Waals surface area contributed by atoms with E-state index in [1.807, 2.05) is 0 Å². The lowest BCUT2D eigenvalue weighted by atomic mass is 10.0. The number of carbonyl (C=O) groups excluding carboxylic acids is 5. The van der Waals surface area contributed by atoms with Crippen molar-refractivity contribution in [2.75, 3.05) is 32.7 Å². The van der Waals surface area contributed by atoms with Gasteiger partial charge in [-0.1, -0.05) is 0 Å². The highest BCUT2D eigenvalue weighted by Gasteiger charge is 2.37. The minimum Gasteiger partial charge on any atom is -0.444 e. The molecule has 0 unspecified atom stereocenters. The van der Waals surface area contributed by atoms with Gasteiger partial charge in [0.1, 0.15) is 12.1 Å². The third kappa shape index (κ3) is 5.55. The maximum absolute atomic E-state index is 13.1. The smallest absolute Gasteiger partial charge is 0.408 e. The number of nitrogens with one attached hydrogen (secondary N) is 1. The molecule has 3 rings (SSSR count). The summed E-state index contributed by atoms with van der Waals surface area (Å²) in [6.07, 6.45) is -0.0823. The van der Waals surface area contributed by atoms with E-state index in [4.69, 9.17) is 4.74 Å². The van der Waals surface area contributed by atoms with Crippen LogP contribution in [0.15, 0.2) is 18.2 Å². The van der Waals surface area contributed by atoms with Crippen LogP contribution in [0.25, 0.3) is 0 Å². The number of benzene rings is 1. The van der Waals surface area contributed by atoms with Gasteiger partial charge >= 0.3 is 6.09 Å². The van der Waals surface area contributed by atoms with Gasteiger partial charge in [-0.2, -0.15) is 0 Å². The summed E-state index contributed by atoms with van der Waals surface area (Å²) in [4.78, 5) is 67.0. The lowest BCUT2D eigenvalue weighted by Crippen LogP contribution is -2.43. The number of amides is 5. The van der Waals surface area contributed by atoms with Gasteiger partial charge in [-0.25, -0.2) is 4.79 Å². The van der Waals surface area contributed by atoms with E-state index in [2.05, 4.69) is 5.32 Å². The summed E-state index contributed by atoms with van der Waals surface area (Å²) in [6.45, 7) is 10.1. The summed E-state index contributed by atoms with van der Waals surface area (Å²) in [5, 5.41) is 2.46. The molecule has 1 aromatic carbocycles. The van der Waals surface area contributed by atoms with Crippen molar-refractivity contribution >= 4 is 29.7 Å². The van der Waals surface area contributed by atoms with Crippen molar-refractivity contribution < 1.29 is 28.7 Å². The Balaban J connectivity index is 1.60. The predicted octanol–water partition coefficient (Wildman–Crippen LogP) is 1.89. The average molecular weight is 473 g/mol. The molecule has 1 saturated heterocycles. The third-order valence-corrected chi connectivity index (χ3v) is 5.60. The van der Waals surface area contributed by atoms with Crippen LogP contribution >= 0.6 is 0 Å². The van der Waals surface area contributed by atoms with Gasteiger partial charge in [0.2, 0.25) is 5.91 Å². The summed E-state index contributed by atoms with van der Waals surface area (Å²) >= 11 is 0. The Bertz CT molecular complexity index is 1010. The molecule has 0 spiro atoms. The zero-order valence-electron chi connectivity index (χ0n) is 20.3. The van der Waals surface area contributed by atoms with Crippen LogP contribution < -0.4 is 5.32 Å². The summed E-state index contributed by atoms with van der Waals surface area (Å²) in [5.41, 5.74) is 0.223. The van der Waals surface area contributed by atoms with Gasteiger partial charge < -0.3 is 19.9 Å². The highest BCUT2D eigenvalue weighted by molar-refractivity contribution is 6.22. The number of hydrogen-bond donors (Lipinski definition) is 1. The van der Waals surface area contributed by atoms with Crippen molar-refractivity contribution in [2.45, 2.75) is 52.7 Å². The fourth-order valence-corrected chi connectivity index (χ4v) is 3.99. The number of rotatable bonds is 4. The number of nitrogens with zero attached hydrogens (tertiary/aromatic N) is 3. The molecule has 0 saturated carbocycles. The van der Waals surface area contributed by atoms with Gasteiger partial charge in [-0.05, 0) is 59.2 Å². The van der Waals surface area contributed by atoms with Gasteiger partial charge in [-0.15, -0.1) is 0 Å². The Hall–Kier alpha value is -3.43. The molecule has 2 aliphatic rings. The highest BCUT2D eigenvalue weighted by Crippen LogP contribution is 2.26. The van der Waals surface area contributed by atoms with Gasteiger partial charge in [0.15, 0.2) is 0 Å². The zero-order chi connectivity index (χ0) is 25.2. The highest BCUT2D eigenvalue weighted by atomic mass is 16.6. The quantitative estimate of drug-likeness (QED) is 0.669. The van der Waals surface area contributed by atoms with E-state index in [9.17, 15) is 24.0 Å². The lowest BCUT2D eigenvalue weighted by Gasteiger charge is -2.23. The van der Waals surface area contributed by atoms with Crippen molar-refractivity contribution in [1.29, 1.82) is 0 Å². The molecule has 2 aliphatic heterocycles. The van der Waals surface area contributed by atoms with E-state index in [1.165, 1.54) is 17.0 Å². The molecule has 2 heterocycles. The first-order valence-corrected chi connectivity index (χ1v) is 11.4. The van der Waals surface area contributed by atoms with Crippen molar-refractivity contribution in [3.05, 3.63) is 34.9 Å². The molecule has 1 fully saturated rings. The Morgan fingerprint density at radius 1 is 0.971 bits per heavy atom. The fourth-order valence-electron chi connectivity index (χ4n) is 3.99. The van der Waals surface area contributed by atoms with Crippen LogP contribution in [0, 0.1) is 0 Å². The molecule has 10 heteroatoms. The molecule has 0 radical (unpaired) electrons. The fraction of sp³-hybridized carbons (Fsp3) is 0.542. The number of fused-ring (bicyclic) bond motifs is 1. The third-order valence-electron chi connectivity index (χ3n) is 5.60. The maximum atomic E-state index is 13.1. The average Bonchev–Trinajstić information content (AvgIpc) is 2.90. The first-order chi connectivity index (χ1) is 15.9. The first-order valence-electron chi connectivity index (χ1n) is 11.4. The molecular formula is C24H32N4O6. The molecule has 1 N–H and O–H groups in total. The monoisotopic (exact) mass is 472 g/mol. The second-order valence-electron chi connectivity index (χ2n) is 9.72. The molecule has 34 heavy (non-hydrogen) atoms. The minimum absolute atomic E-state index is 0.184. The lowest BCUT2D eigenvalue weighted by molar-refractivity contribution is -0.130. The van der Waals surface area contributed by atoms with E-state index in [-0.39, 0.29) is 35.9 Å². The van der Waals surface area contributed by atoms with Gasteiger partial charge in [0, 0.05) is 37.8 Å². The summed E-state index contributed by atoms with van der Waals surface area (Å²) < 4.78 is 5.14. The van der Waals surface area contributed by atoms with Crippen LogP contribution in [0.4, 0.5) is 4.79 Å². The molecule has 0 aliphatic carbocycles. The van der Waals surface area contributed by atoms with Gasteiger partial charge in [-0.3, -0.25) is 24.1 Å². The number of imide groups is 1. The Morgan fingerprint density at radius 3 is 2.24 bits per heavy atom. The zero-order valence-corrected chi connectivity index (χ0v) is 20.3. The predicted molar refractivity (Wildman–Crippen MR) is 123 cm³/mol. The number of ether oxygens (including phenoxy) is 1. The number of hydrogen-bond acceptors (Lipinski definition) is 6. The van der Waals surface area contributed by atoms with Crippen LogP contribution in [0.5, 0.6) is 0 Å². The molecule has 0 aromatic heterocycles. The first kappa shape index (κ1) is 25.2. The summed E-state index contributed by atoms with van der Waals surface area (Å²) in [7, 11) is 0. The molecule has 0 bridgehead atoms. The standard InChI is InChI=1S/C24H32N4O6/c1-15(2)28-21(31)17-8-7-16(13-18(17)22(28)32)20(30)27-10-6-9-26(11-12-27)19(29)14-25-23(33)34-24(3,4)5/h7-8,13,15H,6,9-12,14H2,1-5H3,(H,25,33). The van der Waals surface area contributed by atoms with Crippen molar-refractivity contribution in [2.24, 2.45) is 0 Å². The SMILES string of the molecule is CC(C)N1C(=O)c2ccc(C(=O)N3CCCN(C(=O)CNC(=O)OC(C)(C)C)CC3)cc2C1=O. The van der Waals surface area contributed by atoms with E-state index < -0.39 is 17.6 Å². The van der Waals surface area contributed by atoms with Gasteiger partial charge in [0.05, 0.1) is 11.1 Å². The molecule has 5 amide bonds. The van der Waals surface area contributed by atoms with Crippen LogP contribution in [-0.2, 0) is 9.53 Å². The molecular weight excluding hydrogens is 440 g/mol. The molecule has 0 atom stereocenters. The van der Waals surface area contributed by atoms with Gasteiger partial charge in [0.25, 0.3) is 17.7 Å². The topological polar surface area (TPSA) is 116 Å².